The van der Waals surface area contributed by atoms with Gasteiger partial charge in [-0.1, -0.05) is 53.6 Å². The van der Waals surface area contributed by atoms with E-state index < -0.39 is 0 Å². The normalized spacial score (nSPS) is 12.3. The molecule has 0 aliphatic heterocycles. The molecule has 23 heavy (non-hydrogen) atoms. The predicted molar refractivity (Wildman–Crippen MR) is 98.9 cm³/mol. The fraction of sp³-hybridized carbons (Fsp3) is 0.455. The maximum absolute atomic E-state index is 9.36. The van der Waals surface area contributed by atoms with Gasteiger partial charge in [-0.3, -0.25) is 0 Å². The maximum atomic E-state index is 9.36. The van der Waals surface area contributed by atoms with Gasteiger partial charge >= 0.3 is 0 Å². The molecule has 0 aliphatic rings. The van der Waals surface area contributed by atoms with Crippen LogP contribution < -0.4 is 0 Å². The predicted octanol–water partition coefficient (Wildman–Crippen LogP) is 5.18. The zero-order valence-electron chi connectivity index (χ0n) is 14.8. The van der Waals surface area contributed by atoms with Crippen molar-refractivity contribution in [1.82, 2.24) is 0 Å². The lowest BCUT2D eigenvalue weighted by Crippen LogP contribution is -2.07. The molecular weight excluding hydrogens is 280 g/mol. The molecule has 0 saturated carbocycles. The third-order valence-electron chi connectivity index (χ3n) is 4.82. The fourth-order valence-corrected chi connectivity index (χ4v) is 3.23. The first-order valence-electron chi connectivity index (χ1n) is 8.81. The molecule has 1 atom stereocenters. The van der Waals surface area contributed by atoms with Crippen molar-refractivity contribution in [2.45, 2.75) is 52.9 Å². The molecule has 2 aromatic carbocycles. The molecule has 0 radical (unpaired) electrons. The van der Waals surface area contributed by atoms with E-state index in [4.69, 9.17) is 0 Å². The third-order valence-corrected chi connectivity index (χ3v) is 4.82. The number of aryl methyl sites for hydroxylation is 5. The smallest absolute Gasteiger partial charge is 0.0433 e. The van der Waals surface area contributed by atoms with Crippen molar-refractivity contribution in [2.75, 3.05) is 6.61 Å². The summed E-state index contributed by atoms with van der Waals surface area (Å²) in [5, 5.41) is 9.36. The van der Waals surface area contributed by atoms with Crippen LogP contribution in [0.5, 0.6) is 0 Å². The minimum atomic E-state index is 0.297. The third kappa shape index (κ3) is 5.84. The minimum Gasteiger partial charge on any atom is -0.396 e. The van der Waals surface area contributed by atoms with Gasteiger partial charge in [0.1, 0.15) is 0 Å². The summed E-state index contributed by atoms with van der Waals surface area (Å²) in [4.78, 5) is 0. The molecule has 1 unspecified atom stereocenters. The monoisotopic (exact) mass is 310 g/mol. The van der Waals surface area contributed by atoms with Gasteiger partial charge in [-0.15, -0.1) is 0 Å². The molecular formula is C22H30O. The lowest BCUT2D eigenvalue weighted by atomic mass is 9.89. The van der Waals surface area contributed by atoms with Gasteiger partial charge in [-0.05, 0) is 75.5 Å². The fourth-order valence-electron chi connectivity index (χ4n) is 3.23. The Kier molecular flexibility index (Phi) is 6.85. The van der Waals surface area contributed by atoms with Crippen molar-refractivity contribution in [3.05, 3.63) is 70.3 Å². The number of aliphatic hydroxyl groups is 1. The van der Waals surface area contributed by atoms with E-state index in [0.29, 0.717) is 12.5 Å². The van der Waals surface area contributed by atoms with Gasteiger partial charge in [0.2, 0.25) is 0 Å². The van der Waals surface area contributed by atoms with Crippen LogP contribution in [-0.4, -0.2) is 11.7 Å². The zero-order valence-corrected chi connectivity index (χ0v) is 14.8. The summed E-state index contributed by atoms with van der Waals surface area (Å²) in [6.07, 6.45) is 5.46. The summed E-state index contributed by atoms with van der Waals surface area (Å²) in [5.74, 6) is 0.599. The molecule has 124 valence electrons. The Morgan fingerprint density at radius 3 is 2.09 bits per heavy atom. The molecule has 0 fully saturated rings. The standard InChI is InChI=1S/C22H30O/c1-17-4-7-20(8-5-17)9-10-21(14-15-23)11-13-22-12-6-18(2)16-19(22)3/h4-8,12,16,21,23H,9-11,13-15H2,1-3H3. The minimum absolute atomic E-state index is 0.297. The van der Waals surface area contributed by atoms with E-state index in [1.807, 2.05) is 0 Å². The molecule has 1 heteroatoms. The highest BCUT2D eigenvalue weighted by Gasteiger charge is 2.10. The van der Waals surface area contributed by atoms with E-state index >= 15 is 0 Å². The van der Waals surface area contributed by atoms with E-state index in [0.717, 1.165) is 32.1 Å². The van der Waals surface area contributed by atoms with Gasteiger partial charge in [0.05, 0.1) is 0 Å². The summed E-state index contributed by atoms with van der Waals surface area (Å²) in [6.45, 7) is 6.77. The van der Waals surface area contributed by atoms with E-state index in [-0.39, 0.29) is 0 Å². The molecule has 0 amide bonds. The van der Waals surface area contributed by atoms with Crippen molar-refractivity contribution in [3.63, 3.8) is 0 Å². The molecule has 1 nitrogen and oxygen atoms in total. The van der Waals surface area contributed by atoms with E-state index in [1.54, 1.807) is 0 Å². The number of aliphatic hydroxyl groups excluding tert-OH is 1. The highest BCUT2D eigenvalue weighted by Crippen LogP contribution is 2.21. The Balaban J connectivity index is 1.89. The summed E-state index contributed by atoms with van der Waals surface area (Å²) in [7, 11) is 0. The quantitative estimate of drug-likeness (QED) is 0.712. The van der Waals surface area contributed by atoms with Crippen LogP contribution in [0.2, 0.25) is 0 Å². The largest absolute Gasteiger partial charge is 0.396 e. The van der Waals surface area contributed by atoms with Gasteiger partial charge in [-0.2, -0.15) is 0 Å². The molecule has 0 bridgehead atoms. The molecule has 1 N–H and O–H groups in total. The van der Waals surface area contributed by atoms with Crippen molar-refractivity contribution in [2.24, 2.45) is 5.92 Å². The molecule has 0 heterocycles. The van der Waals surface area contributed by atoms with Crippen LogP contribution in [0.15, 0.2) is 42.5 Å². The number of hydrogen-bond acceptors (Lipinski definition) is 1. The Morgan fingerprint density at radius 1 is 0.783 bits per heavy atom. The van der Waals surface area contributed by atoms with Crippen LogP contribution in [0, 0.1) is 26.7 Å². The van der Waals surface area contributed by atoms with Crippen molar-refractivity contribution >= 4 is 0 Å². The van der Waals surface area contributed by atoms with Crippen LogP contribution >= 0.6 is 0 Å². The average Bonchev–Trinajstić information content (AvgIpc) is 2.53. The lowest BCUT2D eigenvalue weighted by molar-refractivity contribution is 0.246. The molecule has 0 aromatic heterocycles. The van der Waals surface area contributed by atoms with Crippen molar-refractivity contribution in [1.29, 1.82) is 0 Å². The molecule has 0 saturated heterocycles. The molecule has 2 rings (SSSR count). The Bertz CT molecular complexity index is 598. The van der Waals surface area contributed by atoms with Gasteiger partial charge < -0.3 is 5.11 Å². The SMILES string of the molecule is Cc1ccc(CCC(CCO)CCc2ccc(C)cc2C)cc1. The Hall–Kier alpha value is -1.60. The van der Waals surface area contributed by atoms with Crippen LogP contribution in [0.3, 0.4) is 0 Å². The van der Waals surface area contributed by atoms with E-state index in [1.165, 1.54) is 27.8 Å². The summed E-state index contributed by atoms with van der Waals surface area (Å²) < 4.78 is 0. The Labute approximate surface area is 141 Å². The van der Waals surface area contributed by atoms with Crippen LogP contribution in [0.4, 0.5) is 0 Å². The summed E-state index contributed by atoms with van der Waals surface area (Å²) in [5.41, 5.74) is 6.90. The van der Waals surface area contributed by atoms with Crippen molar-refractivity contribution in [3.8, 4) is 0 Å². The first-order chi connectivity index (χ1) is 11.1. The summed E-state index contributed by atoms with van der Waals surface area (Å²) in [6, 6.07) is 15.6. The number of benzene rings is 2. The van der Waals surface area contributed by atoms with Gasteiger partial charge in [0.15, 0.2) is 0 Å². The van der Waals surface area contributed by atoms with Crippen molar-refractivity contribution < 1.29 is 5.11 Å². The van der Waals surface area contributed by atoms with Gasteiger partial charge in [0, 0.05) is 6.61 Å². The lowest BCUT2D eigenvalue weighted by Gasteiger charge is -2.17. The van der Waals surface area contributed by atoms with Crippen LogP contribution in [0.25, 0.3) is 0 Å². The highest BCUT2D eigenvalue weighted by molar-refractivity contribution is 5.30. The second-order valence-corrected chi connectivity index (χ2v) is 6.87. The molecule has 2 aromatic rings. The van der Waals surface area contributed by atoms with E-state index in [9.17, 15) is 5.11 Å². The highest BCUT2D eigenvalue weighted by atomic mass is 16.3. The second-order valence-electron chi connectivity index (χ2n) is 6.87. The first-order valence-corrected chi connectivity index (χ1v) is 8.81. The van der Waals surface area contributed by atoms with Gasteiger partial charge in [0.25, 0.3) is 0 Å². The second kappa shape index (κ2) is 8.88. The number of rotatable bonds is 8. The van der Waals surface area contributed by atoms with Crippen LogP contribution in [0.1, 0.15) is 47.1 Å². The molecule has 0 spiro atoms. The first kappa shape index (κ1) is 17.7. The summed E-state index contributed by atoms with van der Waals surface area (Å²) >= 11 is 0. The Morgan fingerprint density at radius 2 is 1.43 bits per heavy atom. The topological polar surface area (TPSA) is 20.2 Å². The van der Waals surface area contributed by atoms with Crippen LogP contribution in [-0.2, 0) is 12.8 Å². The maximum Gasteiger partial charge on any atom is 0.0433 e. The zero-order chi connectivity index (χ0) is 16.7. The van der Waals surface area contributed by atoms with Gasteiger partial charge in [-0.25, -0.2) is 0 Å². The average molecular weight is 310 g/mol. The number of hydrogen-bond donors (Lipinski definition) is 1. The molecule has 0 aliphatic carbocycles. The van der Waals surface area contributed by atoms with E-state index in [2.05, 4.69) is 63.2 Å².